The lowest BCUT2D eigenvalue weighted by atomic mass is 10.0. The zero-order valence-electron chi connectivity index (χ0n) is 14.2. The fourth-order valence-electron chi connectivity index (χ4n) is 1.79. The molecule has 2 atom stereocenters. The van der Waals surface area contributed by atoms with Crippen molar-refractivity contribution >= 4 is 11.6 Å². The number of allylic oxidation sites excluding steroid dienone is 6. The number of alkyl halides is 1. The third-order valence-corrected chi connectivity index (χ3v) is 3.54. The fraction of sp³-hybridized carbons (Fsp3) is 0.579. The van der Waals surface area contributed by atoms with E-state index in [2.05, 4.69) is 20.4 Å². The van der Waals surface area contributed by atoms with E-state index in [1.807, 2.05) is 25.2 Å². The molecule has 0 aliphatic rings. The normalized spacial score (nSPS) is 15.9. The molecule has 3 heteroatoms. The van der Waals surface area contributed by atoms with Gasteiger partial charge in [-0.05, 0) is 30.9 Å². The molecule has 0 aliphatic carbocycles. The van der Waals surface area contributed by atoms with Gasteiger partial charge in [0.25, 0.3) is 0 Å². The van der Waals surface area contributed by atoms with E-state index in [1.165, 1.54) is 0 Å². The first kappa shape index (κ1) is 21.0. The van der Waals surface area contributed by atoms with Crippen molar-refractivity contribution in [2.75, 3.05) is 12.5 Å². The van der Waals surface area contributed by atoms with E-state index in [1.54, 1.807) is 12.2 Å². The Morgan fingerprint density at radius 3 is 2.64 bits per heavy atom. The van der Waals surface area contributed by atoms with Crippen LogP contribution in [0, 0.1) is 11.8 Å². The molecule has 0 N–H and O–H groups in total. The molecule has 0 bridgehead atoms. The van der Waals surface area contributed by atoms with Gasteiger partial charge < -0.3 is 4.74 Å². The molecule has 0 amide bonds. The summed E-state index contributed by atoms with van der Waals surface area (Å²) in [6.45, 7) is 10.6. The zero-order chi connectivity index (χ0) is 16.8. The molecule has 2 unspecified atom stereocenters. The van der Waals surface area contributed by atoms with E-state index < -0.39 is 0 Å². The number of halogens is 2. The van der Waals surface area contributed by atoms with Crippen LogP contribution >= 0.6 is 11.6 Å². The van der Waals surface area contributed by atoms with Gasteiger partial charge in [-0.15, -0.1) is 11.6 Å². The molecule has 1 nitrogen and oxygen atoms in total. The number of hydrogen-bond donors (Lipinski definition) is 0. The SMILES string of the molecule is C=C/C(=C/C(/C=C\CCCl)C/C(F)=C\CC)OCC(C)CC. The molecule has 0 heterocycles. The van der Waals surface area contributed by atoms with Gasteiger partial charge >= 0.3 is 0 Å². The average molecular weight is 329 g/mol. The number of ether oxygens (including phenoxy) is 1. The minimum Gasteiger partial charge on any atom is -0.494 e. The van der Waals surface area contributed by atoms with Gasteiger partial charge in [-0.3, -0.25) is 0 Å². The summed E-state index contributed by atoms with van der Waals surface area (Å²) in [6.07, 6.45) is 12.1. The Morgan fingerprint density at radius 1 is 1.36 bits per heavy atom. The van der Waals surface area contributed by atoms with Crippen LogP contribution in [-0.2, 0) is 4.74 Å². The molecule has 0 radical (unpaired) electrons. The van der Waals surface area contributed by atoms with Crippen LogP contribution in [0.3, 0.4) is 0 Å². The standard InChI is InChI=1S/C19H30ClFO/c1-5-10-18(21)13-17(11-8-9-12-20)14-19(7-3)22-15-16(4)6-2/h7-8,10-11,14,16-17H,3,5-6,9,12-13,15H2,1-2,4H3/b11-8-,18-10+,19-14-. The maximum absolute atomic E-state index is 13.8. The van der Waals surface area contributed by atoms with Crippen LogP contribution in [0.1, 0.15) is 46.5 Å². The van der Waals surface area contributed by atoms with Crippen LogP contribution in [-0.4, -0.2) is 12.5 Å². The predicted molar refractivity (Wildman–Crippen MR) is 95.8 cm³/mol. The lowest BCUT2D eigenvalue weighted by molar-refractivity contribution is 0.178. The first-order valence-electron chi connectivity index (χ1n) is 8.11. The second-order valence-corrected chi connectivity index (χ2v) is 5.81. The lowest BCUT2D eigenvalue weighted by Gasteiger charge is -2.14. The molecule has 0 fully saturated rings. The molecule has 0 spiro atoms. The maximum Gasteiger partial charge on any atom is 0.115 e. The van der Waals surface area contributed by atoms with Crippen LogP contribution in [0.4, 0.5) is 4.39 Å². The molecule has 126 valence electrons. The monoisotopic (exact) mass is 328 g/mol. The fourth-order valence-corrected chi connectivity index (χ4v) is 1.91. The summed E-state index contributed by atoms with van der Waals surface area (Å²) in [5, 5.41) is 0. The maximum atomic E-state index is 13.8. The molecular formula is C19H30ClFO. The van der Waals surface area contributed by atoms with Crippen LogP contribution < -0.4 is 0 Å². The van der Waals surface area contributed by atoms with E-state index in [-0.39, 0.29) is 11.7 Å². The van der Waals surface area contributed by atoms with Gasteiger partial charge in [0.1, 0.15) is 5.76 Å². The quantitative estimate of drug-likeness (QED) is 0.170. The summed E-state index contributed by atoms with van der Waals surface area (Å²) < 4.78 is 19.6. The molecule has 0 saturated carbocycles. The second kappa shape index (κ2) is 13.6. The highest BCUT2D eigenvalue weighted by Gasteiger charge is 2.08. The lowest BCUT2D eigenvalue weighted by Crippen LogP contribution is -2.05. The van der Waals surface area contributed by atoms with Crippen molar-refractivity contribution in [1.82, 2.24) is 0 Å². The Kier molecular flexibility index (Phi) is 13.0. The third kappa shape index (κ3) is 10.7. The van der Waals surface area contributed by atoms with Gasteiger partial charge in [0.05, 0.1) is 12.4 Å². The first-order chi connectivity index (χ1) is 10.6. The van der Waals surface area contributed by atoms with Crippen LogP contribution in [0.5, 0.6) is 0 Å². The van der Waals surface area contributed by atoms with Crippen molar-refractivity contribution in [3.63, 3.8) is 0 Å². The highest BCUT2D eigenvalue weighted by Crippen LogP contribution is 2.20. The molecule has 0 aromatic rings. The van der Waals surface area contributed by atoms with Gasteiger partial charge in [0, 0.05) is 18.2 Å². The summed E-state index contributed by atoms with van der Waals surface area (Å²) in [4.78, 5) is 0. The van der Waals surface area contributed by atoms with Gasteiger partial charge in [-0.25, -0.2) is 4.39 Å². The summed E-state index contributed by atoms with van der Waals surface area (Å²) in [6, 6.07) is 0. The van der Waals surface area contributed by atoms with E-state index in [9.17, 15) is 4.39 Å². The zero-order valence-corrected chi connectivity index (χ0v) is 14.9. The minimum atomic E-state index is -0.0930. The van der Waals surface area contributed by atoms with E-state index in [0.29, 0.717) is 37.0 Å². The van der Waals surface area contributed by atoms with Gasteiger partial charge in [0.15, 0.2) is 0 Å². The Bertz CT molecular complexity index is 385. The van der Waals surface area contributed by atoms with Crippen molar-refractivity contribution in [3.05, 3.63) is 48.5 Å². The van der Waals surface area contributed by atoms with Crippen molar-refractivity contribution in [3.8, 4) is 0 Å². The van der Waals surface area contributed by atoms with Crippen molar-refractivity contribution in [2.24, 2.45) is 11.8 Å². The number of hydrogen-bond acceptors (Lipinski definition) is 1. The minimum absolute atomic E-state index is 0.0454. The predicted octanol–water partition coefficient (Wildman–Crippen LogP) is 6.57. The van der Waals surface area contributed by atoms with Gasteiger partial charge in [-0.2, -0.15) is 0 Å². The van der Waals surface area contributed by atoms with E-state index >= 15 is 0 Å². The first-order valence-corrected chi connectivity index (χ1v) is 8.64. The molecule has 0 aromatic carbocycles. The largest absolute Gasteiger partial charge is 0.494 e. The van der Waals surface area contributed by atoms with E-state index in [0.717, 1.165) is 12.8 Å². The number of rotatable bonds is 12. The van der Waals surface area contributed by atoms with Crippen molar-refractivity contribution in [1.29, 1.82) is 0 Å². The van der Waals surface area contributed by atoms with Gasteiger partial charge in [-0.1, -0.05) is 52.0 Å². The highest BCUT2D eigenvalue weighted by atomic mass is 35.5. The Balaban J connectivity index is 4.90. The average Bonchev–Trinajstić information content (AvgIpc) is 2.51. The summed E-state index contributed by atoms with van der Waals surface area (Å²) in [5.41, 5.74) is 0. The highest BCUT2D eigenvalue weighted by molar-refractivity contribution is 6.17. The smallest absolute Gasteiger partial charge is 0.115 e. The van der Waals surface area contributed by atoms with Crippen LogP contribution in [0.15, 0.2) is 48.5 Å². The second-order valence-electron chi connectivity index (χ2n) is 5.43. The van der Waals surface area contributed by atoms with Crippen molar-refractivity contribution in [2.45, 2.75) is 46.5 Å². The molecule has 0 rings (SSSR count). The Hall–Kier alpha value is -1.02. The van der Waals surface area contributed by atoms with Crippen LogP contribution in [0.2, 0.25) is 0 Å². The topological polar surface area (TPSA) is 9.23 Å². The Morgan fingerprint density at radius 2 is 2.09 bits per heavy atom. The van der Waals surface area contributed by atoms with Gasteiger partial charge in [0.2, 0.25) is 0 Å². The van der Waals surface area contributed by atoms with Crippen LogP contribution in [0.25, 0.3) is 0 Å². The summed E-state index contributed by atoms with van der Waals surface area (Å²) in [5.74, 6) is 1.63. The molecule has 22 heavy (non-hydrogen) atoms. The van der Waals surface area contributed by atoms with E-state index in [4.69, 9.17) is 16.3 Å². The molecule has 0 saturated heterocycles. The molecule has 0 aliphatic heterocycles. The summed E-state index contributed by atoms with van der Waals surface area (Å²) in [7, 11) is 0. The molecule has 0 aromatic heterocycles. The van der Waals surface area contributed by atoms with Crippen molar-refractivity contribution < 1.29 is 9.13 Å². The summed E-state index contributed by atoms with van der Waals surface area (Å²) >= 11 is 5.68. The molecular weight excluding hydrogens is 299 g/mol. The Labute approximate surface area is 140 Å². The third-order valence-electron chi connectivity index (χ3n) is 3.33.